The van der Waals surface area contributed by atoms with Gasteiger partial charge in [0.1, 0.15) is 17.3 Å². The van der Waals surface area contributed by atoms with Gasteiger partial charge in [0.2, 0.25) is 0 Å². The Morgan fingerprint density at radius 2 is 1.89 bits per heavy atom. The molecule has 0 aliphatic carbocycles. The number of sulfone groups is 1. The van der Waals surface area contributed by atoms with E-state index in [0.29, 0.717) is 17.9 Å². The molecule has 0 spiro atoms. The third-order valence-corrected chi connectivity index (χ3v) is 6.66. The van der Waals surface area contributed by atoms with E-state index in [2.05, 4.69) is 0 Å². The number of furan rings is 1. The second-order valence-corrected chi connectivity index (χ2v) is 9.85. The normalized spacial score (nSPS) is 19.4. The van der Waals surface area contributed by atoms with E-state index in [-0.39, 0.29) is 30.0 Å². The quantitative estimate of drug-likeness (QED) is 0.738. The molecule has 1 fully saturated rings. The first-order valence-electron chi connectivity index (χ1n) is 9.44. The molecular weight excluding hydrogens is 378 g/mol. The van der Waals surface area contributed by atoms with Crippen molar-refractivity contribution >= 4 is 15.7 Å². The average Bonchev–Trinajstić information content (AvgIpc) is 3.15. The van der Waals surface area contributed by atoms with Crippen molar-refractivity contribution in [1.82, 2.24) is 4.90 Å². The minimum absolute atomic E-state index is 0.0191. The number of hydrogen-bond acceptors (Lipinski definition) is 5. The summed E-state index contributed by atoms with van der Waals surface area (Å²) in [6.45, 7) is 7.71. The Morgan fingerprint density at radius 1 is 1.21 bits per heavy atom. The number of hydrogen-bond donors (Lipinski definition) is 0. The molecule has 0 saturated carbocycles. The number of rotatable bonds is 6. The molecule has 28 heavy (non-hydrogen) atoms. The van der Waals surface area contributed by atoms with Crippen molar-refractivity contribution in [1.29, 1.82) is 0 Å². The van der Waals surface area contributed by atoms with Crippen LogP contribution in [0.15, 0.2) is 34.7 Å². The number of ether oxygens (including phenoxy) is 1. The summed E-state index contributed by atoms with van der Waals surface area (Å²) in [5.41, 5.74) is 2.11. The average molecular weight is 406 g/mol. The topological polar surface area (TPSA) is 76.8 Å². The van der Waals surface area contributed by atoms with Crippen LogP contribution in [0.5, 0.6) is 5.75 Å². The second kappa shape index (κ2) is 7.99. The zero-order valence-corrected chi connectivity index (χ0v) is 17.6. The predicted octanol–water partition coefficient (Wildman–Crippen LogP) is 3.19. The summed E-state index contributed by atoms with van der Waals surface area (Å²) in [7, 11) is -3.12. The number of aryl methyl sites for hydroxylation is 3. The molecule has 6 nitrogen and oxygen atoms in total. The van der Waals surface area contributed by atoms with Crippen molar-refractivity contribution in [2.75, 3.05) is 11.5 Å². The van der Waals surface area contributed by atoms with Crippen molar-refractivity contribution in [2.45, 2.75) is 52.8 Å². The van der Waals surface area contributed by atoms with Crippen molar-refractivity contribution in [3.05, 3.63) is 53.0 Å². The van der Waals surface area contributed by atoms with E-state index in [1.165, 1.54) is 0 Å². The van der Waals surface area contributed by atoms with E-state index in [0.717, 1.165) is 16.9 Å². The highest BCUT2D eigenvalue weighted by Crippen LogP contribution is 2.24. The molecule has 2 aromatic rings. The van der Waals surface area contributed by atoms with E-state index < -0.39 is 15.9 Å². The van der Waals surface area contributed by atoms with Crippen LogP contribution >= 0.6 is 0 Å². The van der Waals surface area contributed by atoms with Crippen LogP contribution in [-0.2, 0) is 21.2 Å². The third kappa shape index (κ3) is 4.95. The fourth-order valence-corrected chi connectivity index (χ4v) is 5.37. The first kappa shape index (κ1) is 20.5. The number of amides is 1. The second-order valence-electron chi connectivity index (χ2n) is 7.62. The Balaban J connectivity index is 1.80. The summed E-state index contributed by atoms with van der Waals surface area (Å²) in [5.74, 6) is 1.86. The highest BCUT2D eigenvalue weighted by atomic mass is 32.2. The lowest BCUT2D eigenvalue weighted by Crippen LogP contribution is -2.46. The number of nitrogens with zero attached hydrogens (tertiary/aromatic N) is 1. The summed E-state index contributed by atoms with van der Waals surface area (Å²) in [6.07, 6.45) is -0.301. The molecule has 1 saturated heterocycles. The van der Waals surface area contributed by atoms with Gasteiger partial charge < -0.3 is 14.1 Å². The maximum absolute atomic E-state index is 13.2. The highest BCUT2D eigenvalue weighted by molar-refractivity contribution is 7.91. The predicted molar refractivity (Wildman–Crippen MR) is 107 cm³/mol. The molecule has 3 rings (SSSR count). The Bertz CT molecular complexity index is 943. The van der Waals surface area contributed by atoms with Gasteiger partial charge in [0.25, 0.3) is 5.91 Å². The van der Waals surface area contributed by atoms with Crippen LogP contribution in [0, 0.1) is 20.8 Å². The van der Waals surface area contributed by atoms with Gasteiger partial charge in [-0.1, -0.05) is 6.07 Å². The Hall–Kier alpha value is -2.28. The fourth-order valence-electron chi connectivity index (χ4n) is 3.64. The van der Waals surface area contributed by atoms with E-state index in [4.69, 9.17) is 9.15 Å². The van der Waals surface area contributed by atoms with E-state index in [1.807, 2.05) is 51.1 Å². The molecule has 1 aliphatic rings. The standard InChI is InChI=1S/C21H27NO5S/c1-14-9-15(2)11-20(10-14)27-17(4)21(23)22(12-19-6-5-16(3)26-19)18-7-8-28(24,25)13-18/h5-6,9-11,17-18H,7-8,12-13H2,1-4H3/t17-,18-/m0/s1. The summed E-state index contributed by atoms with van der Waals surface area (Å²) >= 11 is 0. The molecular formula is C21H27NO5S. The largest absolute Gasteiger partial charge is 0.481 e. The lowest BCUT2D eigenvalue weighted by atomic mass is 10.1. The molecule has 0 unspecified atom stereocenters. The van der Waals surface area contributed by atoms with Crippen LogP contribution in [0.1, 0.15) is 36.0 Å². The van der Waals surface area contributed by atoms with Crippen molar-refractivity contribution in [3.63, 3.8) is 0 Å². The molecule has 1 aromatic heterocycles. The van der Waals surface area contributed by atoms with Gasteiger partial charge in [-0.05, 0) is 69.5 Å². The maximum atomic E-state index is 13.2. The zero-order valence-electron chi connectivity index (χ0n) is 16.8. The van der Waals surface area contributed by atoms with Crippen molar-refractivity contribution in [3.8, 4) is 5.75 Å². The van der Waals surface area contributed by atoms with Crippen LogP contribution in [-0.4, -0.2) is 42.9 Å². The summed E-state index contributed by atoms with van der Waals surface area (Å²) in [5, 5.41) is 0. The van der Waals surface area contributed by atoms with Crippen LogP contribution in [0.2, 0.25) is 0 Å². The first-order chi connectivity index (χ1) is 13.1. The molecule has 1 aliphatic heterocycles. The van der Waals surface area contributed by atoms with Gasteiger partial charge in [0.05, 0.1) is 18.1 Å². The molecule has 0 bridgehead atoms. The van der Waals surface area contributed by atoms with Gasteiger partial charge in [-0.25, -0.2) is 8.42 Å². The lowest BCUT2D eigenvalue weighted by Gasteiger charge is -2.30. The van der Waals surface area contributed by atoms with Gasteiger partial charge in [-0.3, -0.25) is 4.79 Å². The van der Waals surface area contributed by atoms with Crippen LogP contribution in [0.4, 0.5) is 0 Å². The molecule has 2 heterocycles. The number of benzene rings is 1. The van der Waals surface area contributed by atoms with Crippen LogP contribution < -0.4 is 4.74 Å². The van der Waals surface area contributed by atoms with E-state index in [1.54, 1.807) is 11.8 Å². The minimum Gasteiger partial charge on any atom is -0.481 e. The van der Waals surface area contributed by atoms with Crippen molar-refractivity contribution < 1.29 is 22.4 Å². The molecule has 152 valence electrons. The zero-order chi connectivity index (χ0) is 20.5. The van der Waals surface area contributed by atoms with Gasteiger partial charge in [-0.15, -0.1) is 0 Å². The Kier molecular flexibility index (Phi) is 5.84. The monoisotopic (exact) mass is 405 g/mol. The van der Waals surface area contributed by atoms with Crippen molar-refractivity contribution in [2.24, 2.45) is 0 Å². The van der Waals surface area contributed by atoms with E-state index >= 15 is 0 Å². The van der Waals surface area contributed by atoms with E-state index in [9.17, 15) is 13.2 Å². The SMILES string of the molecule is Cc1cc(C)cc(O[C@@H](C)C(=O)N(Cc2ccc(C)o2)[C@H]2CCS(=O)(=O)C2)c1. The minimum atomic E-state index is -3.12. The smallest absolute Gasteiger partial charge is 0.264 e. The summed E-state index contributed by atoms with van der Waals surface area (Å²) < 4.78 is 35.5. The van der Waals surface area contributed by atoms with Gasteiger partial charge in [0.15, 0.2) is 15.9 Å². The molecule has 0 N–H and O–H groups in total. The van der Waals surface area contributed by atoms with Gasteiger partial charge in [-0.2, -0.15) is 0 Å². The van der Waals surface area contributed by atoms with Gasteiger partial charge in [0, 0.05) is 6.04 Å². The first-order valence-corrected chi connectivity index (χ1v) is 11.3. The Morgan fingerprint density at radius 3 is 2.43 bits per heavy atom. The van der Waals surface area contributed by atoms with Crippen LogP contribution in [0.3, 0.4) is 0 Å². The lowest BCUT2D eigenvalue weighted by molar-refractivity contribution is -0.141. The number of carbonyl (C=O) groups is 1. The highest BCUT2D eigenvalue weighted by Gasteiger charge is 2.37. The Labute approximate surface area is 166 Å². The summed E-state index contributed by atoms with van der Waals surface area (Å²) in [6, 6.07) is 9.09. The van der Waals surface area contributed by atoms with Crippen LogP contribution in [0.25, 0.3) is 0 Å². The molecule has 1 amide bonds. The molecule has 7 heteroatoms. The number of carbonyl (C=O) groups excluding carboxylic acids is 1. The maximum Gasteiger partial charge on any atom is 0.264 e. The van der Waals surface area contributed by atoms with Gasteiger partial charge >= 0.3 is 0 Å². The molecule has 1 aromatic carbocycles. The summed E-state index contributed by atoms with van der Waals surface area (Å²) in [4.78, 5) is 14.8. The molecule has 2 atom stereocenters. The molecule has 0 radical (unpaired) electrons. The third-order valence-electron chi connectivity index (χ3n) is 4.91. The fraction of sp³-hybridized carbons (Fsp3) is 0.476.